The number of nitrogens with one attached hydrogen (secondary N) is 3. The van der Waals surface area contributed by atoms with Crippen molar-refractivity contribution in [1.82, 2.24) is 15.6 Å². The number of nitrogens with zero attached hydrogens (tertiary/aromatic N) is 1. The number of aromatic amines is 1. The van der Waals surface area contributed by atoms with E-state index >= 15 is 0 Å². The van der Waals surface area contributed by atoms with Crippen LogP contribution in [0.1, 0.15) is 41.6 Å². The molecule has 3 atom stereocenters. The van der Waals surface area contributed by atoms with E-state index in [4.69, 9.17) is 4.74 Å². The molecule has 3 N–H and O–H groups in total. The van der Waals surface area contributed by atoms with Crippen molar-refractivity contribution >= 4 is 40.8 Å². The normalized spacial score (nSPS) is 24.8. The zero-order valence-electron chi connectivity index (χ0n) is 16.0. The number of aliphatic imine (C=N–C) groups is 1. The van der Waals surface area contributed by atoms with Crippen molar-refractivity contribution in [3.05, 3.63) is 34.5 Å². The monoisotopic (exact) mass is 468 g/mol. The maximum atomic E-state index is 5.93. The minimum absolute atomic E-state index is 0. The smallest absolute Gasteiger partial charge is 0.191 e. The molecule has 6 heteroatoms. The second kappa shape index (κ2) is 7.76. The Balaban J connectivity index is 0.00000196. The Morgan fingerprint density at radius 3 is 2.73 bits per heavy atom. The molecule has 0 aliphatic carbocycles. The van der Waals surface area contributed by atoms with Crippen molar-refractivity contribution in [2.45, 2.75) is 64.8 Å². The van der Waals surface area contributed by atoms with Crippen molar-refractivity contribution in [3.63, 3.8) is 0 Å². The number of aryl methyl sites for hydroxylation is 3. The first-order valence-electron chi connectivity index (χ1n) is 9.26. The van der Waals surface area contributed by atoms with E-state index in [1.807, 2.05) is 7.05 Å². The predicted molar refractivity (Wildman–Crippen MR) is 118 cm³/mol. The Morgan fingerprint density at radius 1 is 1.27 bits per heavy atom. The molecule has 3 unspecified atom stereocenters. The fraction of sp³-hybridized carbons (Fsp3) is 0.550. The largest absolute Gasteiger partial charge is 0.373 e. The molecule has 2 aliphatic rings. The van der Waals surface area contributed by atoms with Crippen LogP contribution in [0, 0.1) is 20.8 Å². The summed E-state index contributed by atoms with van der Waals surface area (Å²) in [5.74, 6) is 0.857. The lowest BCUT2D eigenvalue weighted by atomic mass is 9.96. The lowest BCUT2D eigenvalue weighted by molar-refractivity contribution is 0.0992. The van der Waals surface area contributed by atoms with E-state index < -0.39 is 0 Å². The SMILES string of the molecule is CN=C(NCc1cc(C)cc2c(C)c(C)[nH]c12)NC1CC2CCC1O2.I. The summed E-state index contributed by atoms with van der Waals surface area (Å²) in [5, 5.41) is 8.35. The third kappa shape index (κ3) is 3.58. The van der Waals surface area contributed by atoms with E-state index in [1.54, 1.807) is 0 Å². The average molecular weight is 468 g/mol. The summed E-state index contributed by atoms with van der Waals surface area (Å²) in [6.07, 6.45) is 4.26. The third-order valence-corrected chi connectivity index (χ3v) is 5.74. The Kier molecular flexibility index (Phi) is 5.81. The lowest BCUT2D eigenvalue weighted by Crippen LogP contribution is -2.47. The molecule has 0 spiro atoms. The highest BCUT2D eigenvalue weighted by Gasteiger charge is 2.41. The highest BCUT2D eigenvalue weighted by atomic mass is 127. The third-order valence-electron chi connectivity index (χ3n) is 5.74. The number of aromatic nitrogens is 1. The van der Waals surface area contributed by atoms with Gasteiger partial charge in [-0.15, -0.1) is 24.0 Å². The van der Waals surface area contributed by atoms with E-state index in [0.29, 0.717) is 18.2 Å². The van der Waals surface area contributed by atoms with Crippen molar-refractivity contribution in [1.29, 1.82) is 0 Å². The van der Waals surface area contributed by atoms with Gasteiger partial charge in [-0.2, -0.15) is 0 Å². The number of guanidine groups is 1. The molecule has 2 aliphatic heterocycles. The Morgan fingerprint density at radius 2 is 2.08 bits per heavy atom. The predicted octanol–water partition coefficient (Wildman–Crippen LogP) is 3.70. The Bertz CT molecular complexity index is 829. The van der Waals surface area contributed by atoms with Crippen LogP contribution < -0.4 is 10.6 Å². The zero-order valence-corrected chi connectivity index (χ0v) is 18.3. The molecule has 3 heterocycles. The van der Waals surface area contributed by atoms with Crippen LogP contribution in [0.25, 0.3) is 10.9 Å². The second-order valence-electron chi connectivity index (χ2n) is 7.51. The van der Waals surface area contributed by atoms with Gasteiger partial charge in [-0.3, -0.25) is 4.99 Å². The van der Waals surface area contributed by atoms with E-state index in [9.17, 15) is 0 Å². The van der Waals surface area contributed by atoms with Gasteiger partial charge in [-0.05, 0) is 57.2 Å². The zero-order chi connectivity index (χ0) is 17.6. The minimum atomic E-state index is 0. The van der Waals surface area contributed by atoms with Crippen molar-refractivity contribution in [3.8, 4) is 0 Å². The van der Waals surface area contributed by atoms with Crippen LogP contribution in [0.2, 0.25) is 0 Å². The molecule has 142 valence electrons. The van der Waals surface area contributed by atoms with Crippen LogP contribution in [0.5, 0.6) is 0 Å². The van der Waals surface area contributed by atoms with Crippen LogP contribution in [-0.2, 0) is 11.3 Å². The molecule has 5 nitrogen and oxygen atoms in total. The van der Waals surface area contributed by atoms with Crippen LogP contribution in [0.15, 0.2) is 17.1 Å². The summed E-state index contributed by atoms with van der Waals surface area (Å²) in [5.41, 5.74) is 6.37. The molecule has 26 heavy (non-hydrogen) atoms. The lowest BCUT2D eigenvalue weighted by Gasteiger charge is -2.22. The number of fused-ring (bicyclic) bond motifs is 3. The molecule has 2 aromatic rings. The standard InChI is InChI=1S/C20H28N4O.HI/c1-11-7-14(19-16(8-11)12(2)13(3)23-19)10-22-20(21-4)24-17-9-15-5-6-18(17)25-15;/h7-8,15,17-18,23H,5-6,9-10H2,1-4H3,(H2,21,22,24);1H. The first-order chi connectivity index (χ1) is 12.0. The van der Waals surface area contributed by atoms with Crippen LogP contribution in [-0.4, -0.2) is 36.2 Å². The molecule has 4 rings (SSSR count). The fourth-order valence-corrected chi connectivity index (χ4v) is 4.27. The summed E-state index contributed by atoms with van der Waals surface area (Å²) in [6.45, 7) is 7.22. The van der Waals surface area contributed by atoms with Gasteiger partial charge in [0.1, 0.15) is 0 Å². The van der Waals surface area contributed by atoms with Crippen molar-refractivity contribution in [2.75, 3.05) is 7.05 Å². The van der Waals surface area contributed by atoms with E-state index in [1.165, 1.54) is 46.1 Å². The van der Waals surface area contributed by atoms with Crippen LogP contribution >= 0.6 is 24.0 Å². The van der Waals surface area contributed by atoms with Gasteiger partial charge in [0.15, 0.2) is 5.96 Å². The first-order valence-corrected chi connectivity index (χ1v) is 9.26. The fourth-order valence-electron chi connectivity index (χ4n) is 4.27. The van der Waals surface area contributed by atoms with Crippen molar-refractivity contribution in [2.24, 2.45) is 4.99 Å². The minimum Gasteiger partial charge on any atom is -0.373 e. The van der Waals surface area contributed by atoms with E-state index in [-0.39, 0.29) is 24.0 Å². The number of H-pyrrole nitrogens is 1. The maximum absolute atomic E-state index is 5.93. The first kappa shape index (κ1) is 19.5. The molecule has 2 bridgehead atoms. The van der Waals surface area contributed by atoms with Gasteiger partial charge in [-0.1, -0.05) is 11.6 Å². The molecule has 2 fully saturated rings. The Hall–Kier alpha value is -1.28. The van der Waals surface area contributed by atoms with Crippen molar-refractivity contribution < 1.29 is 4.74 Å². The molecule has 0 radical (unpaired) electrons. The number of ether oxygens (including phenoxy) is 1. The van der Waals surface area contributed by atoms with E-state index in [2.05, 4.69) is 53.5 Å². The molecule has 1 aromatic carbocycles. The average Bonchev–Trinajstić information content (AvgIpc) is 3.28. The van der Waals surface area contributed by atoms with Gasteiger partial charge in [0.05, 0.1) is 23.8 Å². The highest BCUT2D eigenvalue weighted by molar-refractivity contribution is 14.0. The Labute approximate surface area is 172 Å². The van der Waals surface area contributed by atoms with Gasteiger partial charge in [-0.25, -0.2) is 0 Å². The molecular weight excluding hydrogens is 439 g/mol. The topological polar surface area (TPSA) is 61.4 Å². The van der Waals surface area contributed by atoms with Crippen LogP contribution in [0.4, 0.5) is 0 Å². The number of halogens is 1. The van der Waals surface area contributed by atoms with E-state index in [0.717, 1.165) is 18.9 Å². The molecule has 0 saturated carbocycles. The number of benzene rings is 1. The van der Waals surface area contributed by atoms with Crippen LogP contribution in [0.3, 0.4) is 0 Å². The number of hydrogen-bond donors (Lipinski definition) is 3. The summed E-state index contributed by atoms with van der Waals surface area (Å²) in [6, 6.07) is 4.90. The second-order valence-corrected chi connectivity index (χ2v) is 7.51. The summed E-state index contributed by atoms with van der Waals surface area (Å²) in [7, 11) is 1.83. The molecular formula is C20H29IN4O. The quantitative estimate of drug-likeness (QED) is 0.366. The maximum Gasteiger partial charge on any atom is 0.191 e. The summed E-state index contributed by atoms with van der Waals surface area (Å²) >= 11 is 0. The van der Waals surface area contributed by atoms with Gasteiger partial charge in [0.25, 0.3) is 0 Å². The van der Waals surface area contributed by atoms with Gasteiger partial charge in [0.2, 0.25) is 0 Å². The highest BCUT2D eigenvalue weighted by Crippen LogP contribution is 2.34. The number of hydrogen-bond acceptors (Lipinski definition) is 2. The molecule has 0 amide bonds. The van der Waals surface area contributed by atoms with Gasteiger partial charge in [0, 0.05) is 24.7 Å². The van der Waals surface area contributed by atoms with Gasteiger partial charge < -0.3 is 20.4 Å². The van der Waals surface area contributed by atoms with Gasteiger partial charge >= 0.3 is 0 Å². The number of rotatable bonds is 3. The summed E-state index contributed by atoms with van der Waals surface area (Å²) in [4.78, 5) is 7.94. The molecule has 1 aromatic heterocycles. The summed E-state index contributed by atoms with van der Waals surface area (Å²) < 4.78 is 5.93. The molecule has 2 saturated heterocycles.